The highest BCUT2D eigenvalue weighted by atomic mass is 16.5. The van der Waals surface area contributed by atoms with Crippen molar-refractivity contribution in [1.29, 1.82) is 0 Å². The van der Waals surface area contributed by atoms with Crippen molar-refractivity contribution in [3.05, 3.63) is 78.4 Å². The number of aromatic nitrogens is 3. The molecule has 0 bridgehead atoms. The van der Waals surface area contributed by atoms with Gasteiger partial charge in [0, 0.05) is 5.54 Å². The van der Waals surface area contributed by atoms with Gasteiger partial charge in [-0.25, -0.2) is 4.68 Å². The molecule has 0 aliphatic carbocycles. The van der Waals surface area contributed by atoms with E-state index in [-0.39, 0.29) is 18.4 Å². The third-order valence-electron chi connectivity index (χ3n) is 6.58. The number of benzene rings is 3. The molecule has 9 nitrogen and oxygen atoms in total. The summed E-state index contributed by atoms with van der Waals surface area (Å²) in [6.45, 7) is 5.76. The lowest BCUT2D eigenvalue weighted by Crippen LogP contribution is -2.51. The molecule has 0 aliphatic rings. The fourth-order valence-electron chi connectivity index (χ4n) is 4.20. The van der Waals surface area contributed by atoms with Crippen LogP contribution in [0.15, 0.2) is 72.8 Å². The molecule has 0 aliphatic heterocycles. The number of fused-ring (bicyclic) bond motifs is 1. The van der Waals surface area contributed by atoms with Crippen LogP contribution in [-0.4, -0.2) is 46.6 Å². The second kappa shape index (κ2) is 11.3. The number of amides is 2. The second-order valence-corrected chi connectivity index (χ2v) is 9.58. The molecule has 1 N–H and O–H groups in total. The minimum atomic E-state index is -1.02. The molecule has 38 heavy (non-hydrogen) atoms. The Labute approximate surface area is 222 Å². The van der Waals surface area contributed by atoms with Crippen LogP contribution in [0.25, 0.3) is 11.0 Å². The number of nitrogens with zero attached hydrogens (tertiary/aromatic N) is 4. The van der Waals surface area contributed by atoms with Crippen LogP contribution in [0, 0.1) is 0 Å². The molecule has 0 saturated carbocycles. The molecule has 198 valence electrons. The van der Waals surface area contributed by atoms with E-state index in [1.165, 1.54) is 16.7 Å². The first kappa shape index (κ1) is 26.7. The molecule has 1 atom stereocenters. The summed E-state index contributed by atoms with van der Waals surface area (Å²) in [6, 6.07) is 20.7. The Balaban J connectivity index is 1.87. The van der Waals surface area contributed by atoms with Gasteiger partial charge in [-0.2, -0.15) is 0 Å². The molecular weight excluding hydrogens is 482 g/mol. The molecular formula is C29H33N5O4. The summed E-state index contributed by atoms with van der Waals surface area (Å²) in [5.41, 5.74) is 1.95. The second-order valence-electron chi connectivity index (χ2n) is 9.58. The predicted octanol–water partition coefficient (Wildman–Crippen LogP) is 4.53. The van der Waals surface area contributed by atoms with E-state index >= 15 is 0 Å². The first-order valence-corrected chi connectivity index (χ1v) is 12.5. The van der Waals surface area contributed by atoms with Crippen LogP contribution in [0.2, 0.25) is 0 Å². The van der Waals surface area contributed by atoms with Crippen LogP contribution in [-0.2, 0) is 16.1 Å². The van der Waals surface area contributed by atoms with E-state index in [1.807, 2.05) is 57.2 Å². The molecule has 1 aromatic heterocycles. The number of methoxy groups -OCH3 is 2. The van der Waals surface area contributed by atoms with Crippen molar-refractivity contribution in [3.8, 4) is 11.5 Å². The minimum Gasteiger partial charge on any atom is -0.497 e. The van der Waals surface area contributed by atoms with Crippen molar-refractivity contribution in [1.82, 2.24) is 20.3 Å². The van der Waals surface area contributed by atoms with Crippen molar-refractivity contribution in [3.63, 3.8) is 0 Å². The van der Waals surface area contributed by atoms with E-state index in [1.54, 1.807) is 43.5 Å². The van der Waals surface area contributed by atoms with E-state index in [9.17, 15) is 9.59 Å². The fraction of sp³-hybridized carbons (Fsp3) is 0.310. The maximum absolute atomic E-state index is 14.2. The highest BCUT2D eigenvalue weighted by Crippen LogP contribution is 2.36. The standard InChI is InChI=1S/C29H33N5O4/c1-6-29(2,3)30-28(36)27(20-12-11-13-21(18-20)37-4)34(24-16-9-10-17-25(24)38-5)26(35)19-33-23-15-8-7-14-22(23)31-32-33/h7-18,27H,6,19H2,1-5H3,(H,30,36). The first-order chi connectivity index (χ1) is 18.3. The van der Waals surface area contributed by atoms with Crippen molar-refractivity contribution in [2.75, 3.05) is 19.1 Å². The molecule has 0 spiro atoms. The van der Waals surface area contributed by atoms with Gasteiger partial charge in [0.2, 0.25) is 11.8 Å². The average molecular weight is 516 g/mol. The Morgan fingerprint density at radius 2 is 1.74 bits per heavy atom. The zero-order chi connectivity index (χ0) is 27.3. The van der Waals surface area contributed by atoms with Crippen molar-refractivity contribution < 1.29 is 19.1 Å². The topological polar surface area (TPSA) is 98.6 Å². The van der Waals surface area contributed by atoms with E-state index in [4.69, 9.17) is 9.47 Å². The summed E-state index contributed by atoms with van der Waals surface area (Å²) in [7, 11) is 3.10. The molecule has 3 aromatic carbocycles. The highest BCUT2D eigenvalue weighted by Gasteiger charge is 2.36. The zero-order valence-electron chi connectivity index (χ0n) is 22.3. The number of rotatable bonds is 10. The Kier molecular flexibility index (Phi) is 7.95. The van der Waals surface area contributed by atoms with Gasteiger partial charge >= 0.3 is 0 Å². The number of hydrogen-bond donors (Lipinski definition) is 1. The maximum Gasteiger partial charge on any atom is 0.249 e. The molecule has 2 amide bonds. The summed E-state index contributed by atoms with van der Waals surface area (Å²) >= 11 is 0. The van der Waals surface area contributed by atoms with Gasteiger partial charge in [0.1, 0.15) is 29.6 Å². The lowest BCUT2D eigenvalue weighted by atomic mass is 9.98. The molecule has 1 heterocycles. The normalized spacial score (nSPS) is 12.1. The lowest BCUT2D eigenvalue weighted by molar-refractivity contribution is -0.128. The van der Waals surface area contributed by atoms with Crippen molar-refractivity contribution >= 4 is 28.5 Å². The molecule has 4 rings (SSSR count). The molecule has 0 radical (unpaired) electrons. The number of nitrogens with one attached hydrogen (secondary N) is 1. The van der Waals surface area contributed by atoms with Gasteiger partial charge in [-0.3, -0.25) is 14.5 Å². The average Bonchev–Trinajstić information content (AvgIpc) is 3.33. The van der Waals surface area contributed by atoms with Crippen LogP contribution in [0.1, 0.15) is 38.8 Å². The quantitative estimate of drug-likeness (QED) is 0.333. The zero-order valence-corrected chi connectivity index (χ0v) is 22.3. The Morgan fingerprint density at radius 1 is 1.00 bits per heavy atom. The lowest BCUT2D eigenvalue weighted by Gasteiger charge is -2.35. The van der Waals surface area contributed by atoms with Crippen LogP contribution >= 0.6 is 0 Å². The van der Waals surface area contributed by atoms with E-state index < -0.39 is 11.6 Å². The number of ether oxygens (including phenoxy) is 2. The van der Waals surface area contributed by atoms with Gasteiger partial charge in [0.15, 0.2) is 0 Å². The van der Waals surface area contributed by atoms with Gasteiger partial charge in [-0.1, -0.05) is 48.5 Å². The first-order valence-electron chi connectivity index (χ1n) is 12.5. The maximum atomic E-state index is 14.2. The summed E-state index contributed by atoms with van der Waals surface area (Å²) in [5, 5.41) is 11.5. The molecule has 0 saturated heterocycles. The Hall–Kier alpha value is -4.40. The summed E-state index contributed by atoms with van der Waals surface area (Å²) in [4.78, 5) is 29.7. The smallest absolute Gasteiger partial charge is 0.249 e. The summed E-state index contributed by atoms with van der Waals surface area (Å²) in [6.07, 6.45) is 0.705. The van der Waals surface area contributed by atoms with Gasteiger partial charge < -0.3 is 14.8 Å². The number of hydrogen-bond acceptors (Lipinski definition) is 6. The van der Waals surface area contributed by atoms with Crippen molar-refractivity contribution in [2.24, 2.45) is 0 Å². The van der Waals surface area contributed by atoms with E-state index in [0.717, 1.165) is 5.52 Å². The SMILES string of the molecule is CCC(C)(C)NC(=O)C(c1cccc(OC)c1)N(C(=O)Cn1nnc2ccccc21)c1ccccc1OC. The van der Waals surface area contributed by atoms with E-state index in [0.29, 0.717) is 34.7 Å². The summed E-state index contributed by atoms with van der Waals surface area (Å²) < 4.78 is 12.6. The Morgan fingerprint density at radius 3 is 2.47 bits per heavy atom. The fourth-order valence-corrected chi connectivity index (χ4v) is 4.20. The number of anilines is 1. The summed E-state index contributed by atoms with van der Waals surface area (Å²) in [5.74, 6) is 0.347. The van der Waals surface area contributed by atoms with E-state index in [2.05, 4.69) is 15.6 Å². The van der Waals surface area contributed by atoms with Gasteiger partial charge in [-0.05, 0) is 62.2 Å². The Bertz CT molecular complexity index is 1430. The minimum absolute atomic E-state index is 0.135. The molecule has 4 aromatic rings. The van der Waals surface area contributed by atoms with Crippen molar-refractivity contribution in [2.45, 2.75) is 45.3 Å². The number of carbonyl (C=O) groups excluding carboxylic acids is 2. The molecule has 9 heteroatoms. The van der Waals surface area contributed by atoms with Crippen LogP contribution in [0.5, 0.6) is 11.5 Å². The monoisotopic (exact) mass is 515 g/mol. The largest absolute Gasteiger partial charge is 0.497 e. The van der Waals surface area contributed by atoms with Crippen LogP contribution in [0.3, 0.4) is 0 Å². The van der Waals surface area contributed by atoms with Crippen LogP contribution < -0.4 is 19.7 Å². The molecule has 1 unspecified atom stereocenters. The highest BCUT2D eigenvalue weighted by molar-refractivity contribution is 6.02. The third kappa shape index (κ3) is 5.61. The number of carbonyl (C=O) groups is 2. The predicted molar refractivity (Wildman–Crippen MR) is 146 cm³/mol. The van der Waals surface area contributed by atoms with Gasteiger partial charge in [-0.15, -0.1) is 5.10 Å². The molecule has 0 fully saturated rings. The van der Waals surface area contributed by atoms with Crippen LogP contribution in [0.4, 0.5) is 5.69 Å². The van der Waals surface area contributed by atoms with Gasteiger partial charge in [0.25, 0.3) is 0 Å². The third-order valence-corrected chi connectivity index (χ3v) is 6.58. The van der Waals surface area contributed by atoms with Gasteiger partial charge in [0.05, 0.1) is 25.4 Å². The number of para-hydroxylation sites is 3.